The van der Waals surface area contributed by atoms with E-state index < -0.39 is 9.84 Å². The van der Waals surface area contributed by atoms with Crippen molar-refractivity contribution >= 4 is 21.3 Å². The molecule has 0 radical (unpaired) electrons. The van der Waals surface area contributed by atoms with Crippen molar-refractivity contribution in [3.63, 3.8) is 0 Å². The van der Waals surface area contributed by atoms with Crippen LogP contribution in [0.2, 0.25) is 0 Å². The molecule has 1 aliphatic heterocycles. The predicted molar refractivity (Wildman–Crippen MR) is 53.9 cm³/mol. The number of nitrogens with one attached hydrogen (secondary N) is 1. The van der Waals surface area contributed by atoms with Gasteiger partial charge in [0.2, 0.25) is 0 Å². The van der Waals surface area contributed by atoms with Crippen LogP contribution < -0.4 is 10.6 Å². The SMILES string of the molecule is Nc1[nH]ncc1N1CCS(=O)(=O)CC1. The quantitative estimate of drug-likeness (QED) is 0.643. The lowest BCUT2D eigenvalue weighted by molar-refractivity contribution is 0.587. The number of rotatable bonds is 1. The number of aromatic amines is 1. The van der Waals surface area contributed by atoms with Gasteiger partial charge in [0, 0.05) is 13.1 Å². The molecule has 1 fully saturated rings. The molecular weight excluding hydrogens is 204 g/mol. The Morgan fingerprint density at radius 2 is 2.07 bits per heavy atom. The summed E-state index contributed by atoms with van der Waals surface area (Å²) in [4.78, 5) is 1.93. The van der Waals surface area contributed by atoms with Gasteiger partial charge in [-0.25, -0.2) is 8.42 Å². The van der Waals surface area contributed by atoms with Gasteiger partial charge in [0.1, 0.15) is 5.82 Å². The van der Waals surface area contributed by atoms with Crippen LogP contribution in [-0.2, 0) is 9.84 Å². The van der Waals surface area contributed by atoms with Gasteiger partial charge in [0.15, 0.2) is 9.84 Å². The molecule has 2 heterocycles. The Morgan fingerprint density at radius 3 is 2.57 bits per heavy atom. The van der Waals surface area contributed by atoms with E-state index in [9.17, 15) is 8.42 Å². The number of H-pyrrole nitrogens is 1. The average Bonchev–Trinajstić information content (AvgIpc) is 2.52. The molecule has 0 bridgehead atoms. The zero-order chi connectivity index (χ0) is 10.2. The van der Waals surface area contributed by atoms with Gasteiger partial charge in [0.25, 0.3) is 0 Å². The lowest BCUT2D eigenvalue weighted by Crippen LogP contribution is -2.40. The molecule has 0 spiro atoms. The Bertz CT molecular complexity index is 411. The normalized spacial score (nSPS) is 21.0. The molecule has 1 aromatic rings. The third-order valence-corrected chi connectivity index (χ3v) is 3.94. The van der Waals surface area contributed by atoms with Crippen LogP contribution in [0.3, 0.4) is 0 Å². The Kier molecular flexibility index (Phi) is 2.10. The molecule has 0 amide bonds. The van der Waals surface area contributed by atoms with Crippen molar-refractivity contribution in [3.05, 3.63) is 6.20 Å². The summed E-state index contributed by atoms with van der Waals surface area (Å²) in [5.41, 5.74) is 6.42. The average molecular weight is 216 g/mol. The summed E-state index contributed by atoms with van der Waals surface area (Å²) in [6.07, 6.45) is 1.62. The van der Waals surface area contributed by atoms with E-state index in [1.54, 1.807) is 6.20 Å². The zero-order valence-electron chi connectivity index (χ0n) is 7.60. The maximum absolute atomic E-state index is 11.2. The van der Waals surface area contributed by atoms with E-state index >= 15 is 0 Å². The van der Waals surface area contributed by atoms with Gasteiger partial charge in [0.05, 0.1) is 23.4 Å². The van der Waals surface area contributed by atoms with Crippen molar-refractivity contribution in [2.45, 2.75) is 0 Å². The summed E-state index contributed by atoms with van der Waals surface area (Å²) in [5.74, 6) is 0.874. The van der Waals surface area contributed by atoms with Crippen LogP contribution in [-0.4, -0.2) is 43.2 Å². The summed E-state index contributed by atoms with van der Waals surface area (Å²) in [7, 11) is -2.83. The van der Waals surface area contributed by atoms with Gasteiger partial charge in [-0.3, -0.25) is 5.10 Å². The van der Waals surface area contributed by atoms with Crippen molar-refractivity contribution < 1.29 is 8.42 Å². The molecule has 6 nitrogen and oxygen atoms in total. The molecule has 7 heteroatoms. The van der Waals surface area contributed by atoms with Crippen molar-refractivity contribution in [1.29, 1.82) is 0 Å². The van der Waals surface area contributed by atoms with Crippen LogP contribution in [0.25, 0.3) is 0 Å². The van der Waals surface area contributed by atoms with Gasteiger partial charge in [-0.15, -0.1) is 0 Å². The lowest BCUT2D eigenvalue weighted by Gasteiger charge is -2.27. The molecule has 0 aliphatic carbocycles. The van der Waals surface area contributed by atoms with E-state index in [4.69, 9.17) is 5.73 Å². The molecule has 0 unspecified atom stereocenters. The van der Waals surface area contributed by atoms with Gasteiger partial charge < -0.3 is 10.6 Å². The van der Waals surface area contributed by atoms with Crippen molar-refractivity contribution in [1.82, 2.24) is 10.2 Å². The minimum atomic E-state index is -2.83. The number of aromatic nitrogens is 2. The minimum absolute atomic E-state index is 0.192. The number of hydrogen-bond acceptors (Lipinski definition) is 5. The Hall–Kier alpha value is -1.24. The highest BCUT2D eigenvalue weighted by atomic mass is 32.2. The second-order valence-corrected chi connectivity index (χ2v) is 5.61. The smallest absolute Gasteiger partial charge is 0.153 e. The molecule has 0 saturated carbocycles. The largest absolute Gasteiger partial charge is 0.382 e. The number of nitrogen functional groups attached to an aromatic ring is 1. The highest BCUT2D eigenvalue weighted by Crippen LogP contribution is 2.21. The Balaban J connectivity index is 2.13. The van der Waals surface area contributed by atoms with Crippen LogP contribution >= 0.6 is 0 Å². The summed E-state index contributed by atoms with van der Waals surface area (Å²) < 4.78 is 22.3. The topological polar surface area (TPSA) is 92.1 Å². The Labute approximate surface area is 82.0 Å². The predicted octanol–water partition coefficient (Wildman–Crippen LogP) is -0.773. The second-order valence-electron chi connectivity index (χ2n) is 3.31. The van der Waals surface area contributed by atoms with Crippen molar-refractivity contribution in [2.75, 3.05) is 35.2 Å². The van der Waals surface area contributed by atoms with Crippen LogP contribution in [0.15, 0.2) is 6.20 Å². The fourth-order valence-corrected chi connectivity index (χ4v) is 2.70. The molecule has 78 valence electrons. The fraction of sp³-hybridized carbons (Fsp3) is 0.571. The minimum Gasteiger partial charge on any atom is -0.382 e. The lowest BCUT2D eigenvalue weighted by atomic mass is 10.4. The first-order chi connectivity index (χ1) is 6.58. The monoisotopic (exact) mass is 216 g/mol. The van der Waals surface area contributed by atoms with Crippen molar-refractivity contribution in [3.8, 4) is 0 Å². The maximum Gasteiger partial charge on any atom is 0.153 e. The first kappa shape index (κ1) is 9.32. The summed E-state index contributed by atoms with van der Waals surface area (Å²) >= 11 is 0. The molecule has 0 atom stereocenters. The third kappa shape index (κ3) is 1.67. The van der Waals surface area contributed by atoms with E-state index in [0.29, 0.717) is 18.9 Å². The fourth-order valence-electron chi connectivity index (χ4n) is 1.50. The van der Waals surface area contributed by atoms with E-state index in [1.807, 2.05) is 4.90 Å². The number of sulfone groups is 1. The third-order valence-electron chi connectivity index (χ3n) is 2.33. The number of nitrogens with two attached hydrogens (primary N) is 1. The Morgan fingerprint density at radius 1 is 1.43 bits per heavy atom. The van der Waals surface area contributed by atoms with Gasteiger partial charge in [-0.1, -0.05) is 0 Å². The summed E-state index contributed by atoms with van der Waals surface area (Å²) in [6, 6.07) is 0. The molecular formula is C7H12N4O2S. The molecule has 1 aromatic heterocycles. The van der Waals surface area contributed by atoms with Crippen LogP contribution in [0, 0.1) is 0 Å². The molecule has 14 heavy (non-hydrogen) atoms. The molecule has 1 aliphatic rings. The first-order valence-electron chi connectivity index (χ1n) is 4.33. The standard InChI is InChI=1S/C7H12N4O2S/c8-7-6(5-9-10-7)11-1-3-14(12,13)4-2-11/h5H,1-4H2,(H3,8,9,10). The van der Waals surface area contributed by atoms with E-state index in [2.05, 4.69) is 10.2 Å². The summed E-state index contributed by atoms with van der Waals surface area (Å²) in [6.45, 7) is 0.984. The number of hydrogen-bond donors (Lipinski definition) is 2. The zero-order valence-corrected chi connectivity index (χ0v) is 8.42. The van der Waals surface area contributed by atoms with E-state index in [1.165, 1.54) is 0 Å². The molecule has 3 N–H and O–H groups in total. The molecule has 1 saturated heterocycles. The van der Waals surface area contributed by atoms with Crippen LogP contribution in [0.5, 0.6) is 0 Å². The van der Waals surface area contributed by atoms with E-state index in [-0.39, 0.29) is 11.5 Å². The second kappa shape index (κ2) is 3.16. The highest BCUT2D eigenvalue weighted by Gasteiger charge is 2.23. The maximum atomic E-state index is 11.2. The molecule has 0 aromatic carbocycles. The van der Waals surface area contributed by atoms with Crippen molar-refractivity contribution in [2.24, 2.45) is 0 Å². The van der Waals surface area contributed by atoms with Crippen LogP contribution in [0.1, 0.15) is 0 Å². The van der Waals surface area contributed by atoms with Gasteiger partial charge in [-0.05, 0) is 0 Å². The number of nitrogens with zero attached hydrogens (tertiary/aromatic N) is 2. The number of anilines is 2. The van der Waals surface area contributed by atoms with Crippen LogP contribution in [0.4, 0.5) is 11.5 Å². The highest BCUT2D eigenvalue weighted by molar-refractivity contribution is 7.91. The first-order valence-corrected chi connectivity index (χ1v) is 6.15. The van der Waals surface area contributed by atoms with E-state index in [0.717, 1.165) is 5.69 Å². The summed E-state index contributed by atoms with van der Waals surface area (Å²) in [5, 5.41) is 6.42. The van der Waals surface area contributed by atoms with Gasteiger partial charge in [-0.2, -0.15) is 5.10 Å². The molecule has 2 rings (SSSR count). The van der Waals surface area contributed by atoms with Gasteiger partial charge >= 0.3 is 0 Å².